The molecule has 0 amide bonds. The van der Waals surface area contributed by atoms with Crippen molar-refractivity contribution in [3.63, 3.8) is 0 Å². The molecule has 2 N–H and O–H groups in total. The first-order valence-corrected chi connectivity index (χ1v) is 11.1. The van der Waals surface area contributed by atoms with Gasteiger partial charge in [0.2, 0.25) is 0 Å². The molecule has 1 saturated heterocycles. The molecule has 0 unspecified atom stereocenters. The number of aliphatic hydroxyl groups excluding tert-OH is 1. The zero-order valence-corrected chi connectivity index (χ0v) is 18.5. The van der Waals surface area contributed by atoms with Crippen LogP contribution < -0.4 is 0 Å². The summed E-state index contributed by atoms with van der Waals surface area (Å²) >= 11 is 0. The quantitative estimate of drug-likeness (QED) is 0.407. The van der Waals surface area contributed by atoms with Gasteiger partial charge in [-0.15, -0.1) is 0 Å². The number of allylic oxidation sites excluding steroid dienone is 1. The Hall–Kier alpha value is -2.88. The van der Waals surface area contributed by atoms with E-state index >= 15 is 0 Å². The lowest BCUT2D eigenvalue weighted by atomic mass is 9.85. The van der Waals surface area contributed by atoms with Crippen LogP contribution in [-0.4, -0.2) is 48.5 Å². The van der Waals surface area contributed by atoms with Gasteiger partial charge in [0, 0.05) is 6.61 Å². The second-order valence-corrected chi connectivity index (χ2v) is 9.21. The molecule has 0 aromatic heterocycles. The van der Waals surface area contributed by atoms with Crippen molar-refractivity contribution < 1.29 is 14.7 Å². The highest BCUT2D eigenvalue weighted by atomic mass is 16.3. The summed E-state index contributed by atoms with van der Waals surface area (Å²) < 4.78 is 1.09. The summed E-state index contributed by atoms with van der Waals surface area (Å²) in [5, 5.41) is 19.4. The lowest BCUT2D eigenvalue weighted by Gasteiger charge is -2.44. The first kappa shape index (κ1) is 21.4. The zero-order valence-electron chi connectivity index (χ0n) is 18.5. The SMILES string of the molecule is C[N+]1(C)CC(c2ccc(/C(=C(/CCCO)c3ccccc3)c3ccc(O)cc3)cc2)C1. The predicted octanol–water partition coefficient (Wildman–Crippen LogP) is 5.30. The summed E-state index contributed by atoms with van der Waals surface area (Å²) in [4.78, 5) is 0. The van der Waals surface area contributed by atoms with E-state index in [4.69, 9.17) is 0 Å². The molecule has 0 atom stereocenters. The number of hydrogen-bond donors (Lipinski definition) is 2. The minimum Gasteiger partial charge on any atom is -0.508 e. The minimum absolute atomic E-state index is 0.161. The van der Waals surface area contributed by atoms with E-state index in [1.807, 2.05) is 18.2 Å². The number of likely N-dealkylation sites (N-methyl/N-ethyl adjacent to an activating group) is 1. The van der Waals surface area contributed by atoms with E-state index in [1.54, 1.807) is 12.1 Å². The number of rotatable bonds is 7. The summed E-state index contributed by atoms with van der Waals surface area (Å²) in [6, 6.07) is 26.9. The summed E-state index contributed by atoms with van der Waals surface area (Å²) in [6.45, 7) is 2.53. The van der Waals surface area contributed by atoms with Gasteiger partial charge in [0.05, 0.1) is 33.1 Å². The molecule has 3 heteroatoms. The lowest BCUT2D eigenvalue weighted by Crippen LogP contribution is -2.56. The molecule has 0 spiro atoms. The summed E-state index contributed by atoms with van der Waals surface area (Å²) in [5.74, 6) is 0.897. The van der Waals surface area contributed by atoms with E-state index in [0.717, 1.165) is 22.0 Å². The second-order valence-electron chi connectivity index (χ2n) is 9.21. The van der Waals surface area contributed by atoms with Crippen LogP contribution in [0, 0.1) is 0 Å². The molecule has 0 aliphatic carbocycles. The van der Waals surface area contributed by atoms with E-state index in [2.05, 4.69) is 62.6 Å². The third-order valence-electron chi connectivity index (χ3n) is 6.26. The maximum absolute atomic E-state index is 9.83. The van der Waals surface area contributed by atoms with E-state index in [9.17, 15) is 10.2 Å². The molecule has 1 aliphatic heterocycles. The van der Waals surface area contributed by atoms with Gasteiger partial charge in [-0.1, -0.05) is 66.7 Å². The number of phenols is 1. The predicted molar refractivity (Wildman–Crippen MR) is 128 cm³/mol. The van der Waals surface area contributed by atoms with Crippen LogP contribution in [0.5, 0.6) is 5.75 Å². The summed E-state index contributed by atoms with van der Waals surface area (Å²) in [6.07, 6.45) is 1.49. The van der Waals surface area contributed by atoms with Crippen LogP contribution in [0.4, 0.5) is 0 Å². The average molecular weight is 415 g/mol. The van der Waals surface area contributed by atoms with Gasteiger partial charge in [-0.2, -0.15) is 0 Å². The Morgan fingerprint density at radius 2 is 1.39 bits per heavy atom. The highest BCUT2D eigenvalue weighted by molar-refractivity contribution is 5.98. The fraction of sp³-hybridized carbons (Fsp3) is 0.286. The van der Waals surface area contributed by atoms with Crippen LogP contribution >= 0.6 is 0 Å². The Labute approximate surface area is 185 Å². The van der Waals surface area contributed by atoms with Crippen molar-refractivity contribution in [1.82, 2.24) is 0 Å². The number of phenolic OH excluding ortho intramolecular Hbond substituents is 1. The van der Waals surface area contributed by atoms with Gasteiger partial charge in [-0.25, -0.2) is 0 Å². The van der Waals surface area contributed by atoms with Gasteiger partial charge in [0.1, 0.15) is 5.75 Å². The van der Waals surface area contributed by atoms with Crippen molar-refractivity contribution in [3.05, 3.63) is 101 Å². The molecule has 0 radical (unpaired) electrons. The van der Waals surface area contributed by atoms with Crippen molar-refractivity contribution in [2.45, 2.75) is 18.8 Å². The number of hydrogen-bond acceptors (Lipinski definition) is 2. The molecule has 3 nitrogen and oxygen atoms in total. The third kappa shape index (κ3) is 4.90. The molecule has 160 valence electrons. The topological polar surface area (TPSA) is 40.5 Å². The summed E-state index contributed by atoms with van der Waals surface area (Å²) in [7, 11) is 4.56. The van der Waals surface area contributed by atoms with Gasteiger partial charge in [0.15, 0.2) is 0 Å². The first-order chi connectivity index (χ1) is 15.0. The van der Waals surface area contributed by atoms with Gasteiger partial charge in [-0.3, -0.25) is 0 Å². The monoisotopic (exact) mass is 414 g/mol. The third-order valence-corrected chi connectivity index (χ3v) is 6.26. The van der Waals surface area contributed by atoms with Gasteiger partial charge in [-0.05, 0) is 58.4 Å². The average Bonchev–Trinajstić information content (AvgIpc) is 2.77. The molecule has 0 bridgehead atoms. The standard InChI is InChI=1S/C28H31NO2/c1-29(2)19-25(20-29)21-10-12-23(13-11-21)28(24-14-16-26(31)17-15-24)27(9-6-18-30)22-7-4-3-5-8-22/h3-5,7-8,10-17,25,30H,6,9,18-20H2,1-2H3/p+1/b28-27+. The second kappa shape index (κ2) is 9.09. The van der Waals surface area contributed by atoms with Gasteiger partial charge >= 0.3 is 0 Å². The van der Waals surface area contributed by atoms with Crippen LogP contribution in [0.3, 0.4) is 0 Å². The Bertz CT molecular complexity index is 1030. The molecule has 4 rings (SSSR count). The van der Waals surface area contributed by atoms with Crippen LogP contribution in [0.25, 0.3) is 11.1 Å². The van der Waals surface area contributed by atoms with E-state index in [1.165, 1.54) is 35.4 Å². The molecule has 3 aromatic rings. The maximum atomic E-state index is 9.83. The molecule has 0 saturated carbocycles. The molecule has 31 heavy (non-hydrogen) atoms. The van der Waals surface area contributed by atoms with Crippen LogP contribution in [0.1, 0.15) is 41.0 Å². The fourth-order valence-electron chi connectivity index (χ4n) is 4.72. The minimum atomic E-state index is 0.161. The molecular weight excluding hydrogens is 382 g/mol. The van der Waals surface area contributed by atoms with Crippen LogP contribution in [0.15, 0.2) is 78.9 Å². The number of aliphatic hydroxyl groups is 1. The molecule has 1 heterocycles. The van der Waals surface area contributed by atoms with Crippen LogP contribution in [-0.2, 0) is 0 Å². The number of quaternary nitrogens is 1. The normalized spacial score (nSPS) is 16.5. The first-order valence-electron chi connectivity index (χ1n) is 11.1. The van der Waals surface area contributed by atoms with E-state index < -0.39 is 0 Å². The number of aromatic hydroxyl groups is 1. The number of likely N-dealkylation sites (tertiary alicyclic amines) is 1. The Balaban J connectivity index is 1.80. The maximum Gasteiger partial charge on any atom is 0.115 e. The van der Waals surface area contributed by atoms with E-state index in [-0.39, 0.29) is 12.4 Å². The fourth-order valence-corrected chi connectivity index (χ4v) is 4.72. The smallest absolute Gasteiger partial charge is 0.115 e. The van der Waals surface area contributed by atoms with Crippen LogP contribution in [0.2, 0.25) is 0 Å². The molecule has 1 fully saturated rings. The Morgan fingerprint density at radius 3 is 1.94 bits per heavy atom. The number of nitrogens with zero attached hydrogens (tertiary/aromatic N) is 1. The largest absolute Gasteiger partial charge is 0.508 e. The van der Waals surface area contributed by atoms with Crippen molar-refractivity contribution in [2.24, 2.45) is 0 Å². The Morgan fingerprint density at radius 1 is 0.806 bits per heavy atom. The summed E-state index contributed by atoms with van der Waals surface area (Å²) in [5.41, 5.74) is 7.19. The molecular formula is C28H32NO2+. The van der Waals surface area contributed by atoms with Crippen molar-refractivity contribution in [3.8, 4) is 5.75 Å². The highest BCUT2D eigenvalue weighted by Gasteiger charge is 2.37. The van der Waals surface area contributed by atoms with Crippen molar-refractivity contribution in [1.29, 1.82) is 0 Å². The molecule has 1 aliphatic rings. The number of benzene rings is 3. The zero-order chi connectivity index (χ0) is 21.8. The van der Waals surface area contributed by atoms with Gasteiger partial charge < -0.3 is 14.7 Å². The van der Waals surface area contributed by atoms with Gasteiger partial charge in [0.25, 0.3) is 0 Å². The van der Waals surface area contributed by atoms with Crippen molar-refractivity contribution >= 4 is 11.1 Å². The lowest BCUT2D eigenvalue weighted by molar-refractivity contribution is -0.932. The Kier molecular flexibility index (Phi) is 6.26. The molecule has 3 aromatic carbocycles. The van der Waals surface area contributed by atoms with Crippen molar-refractivity contribution in [2.75, 3.05) is 33.8 Å². The highest BCUT2D eigenvalue weighted by Crippen LogP contribution is 2.37. The van der Waals surface area contributed by atoms with E-state index in [0.29, 0.717) is 12.3 Å².